The van der Waals surface area contributed by atoms with E-state index in [0.717, 1.165) is 10.9 Å². The smallest absolute Gasteiger partial charge is 0.259 e. The van der Waals surface area contributed by atoms with Crippen molar-refractivity contribution in [3.63, 3.8) is 0 Å². The van der Waals surface area contributed by atoms with Gasteiger partial charge in [-0.1, -0.05) is 18.2 Å². The van der Waals surface area contributed by atoms with Crippen LogP contribution in [0.4, 0.5) is 0 Å². The maximum Gasteiger partial charge on any atom is 0.259 e. The molecule has 1 saturated heterocycles. The zero-order valence-electron chi connectivity index (χ0n) is 14.5. The second kappa shape index (κ2) is 5.77. The predicted molar refractivity (Wildman–Crippen MR) is 97.8 cm³/mol. The number of hydrogen-bond acceptors (Lipinski definition) is 5. The van der Waals surface area contributed by atoms with Crippen LogP contribution in [0.1, 0.15) is 23.7 Å². The van der Waals surface area contributed by atoms with Crippen LogP contribution in [0.25, 0.3) is 10.9 Å². The van der Waals surface area contributed by atoms with Crippen LogP contribution in [-0.2, 0) is 21.7 Å². The lowest BCUT2D eigenvalue weighted by atomic mass is 9.93. The van der Waals surface area contributed by atoms with Gasteiger partial charge in [-0.15, -0.1) is 0 Å². The topological polar surface area (TPSA) is 88.8 Å². The number of aryl methyl sites for hydroxylation is 1. The Balaban J connectivity index is 1.67. The van der Waals surface area contributed by atoms with E-state index in [0.29, 0.717) is 17.7 Å². The summed E-state index contributed by atoms with van der Waals surface area (Å²) in [6.45, 7) is 1.65. The van der Waals surface area contributed by atoms with Gasteiger partial charge in [0.2, 0.25) is 0 Å². The number of hydrogen-bond donors (Lipinski definition) is 0. The summed E-state index contributed by atoms with van der Waals surface area (Å²) in [5.41, 5.74) is 1.81. The molecule has 0 N–H and O–H groups in total. The highest BCUT2D eigenvalue weighted by molar-refractivity contribution is 7.91. The molecule has 0 bridgehead atoms. The van der Waals surface area contributed by atoms with Crippen molar-refractivity contribution in [1.82, 2.24) is 9.58 Å². The maximum atomic E-state index is 13.1. The van der Waals surface area contributed by atoms with E-state index in [4.69, 9.17) is 0 Å². The zero-order valence-corrected chi connectivity index (χ0v) is 15.4. The highest BCUT2D eigenvalue weighted by atomic mass is 32.2. The first kappa shape index (κ1) is 17.0. The molecule has 0 saturated carbocycles. The average Bonchev–Trinajstić information content (AvgIpc) is 3.21. The molecule has 7 nitrogen and oxygen atoms in total. The fourth-order valence-corrected chi connectivity index (χ4v) is 5.51. The third-order valence-electron chi connectivity index (χ3n) is 5.13. The van der Waals surface area contributed by atoms with E-state index in [-0.39, 0.29) is 17.3 Å². The van der Waals surface area contributed by atoms with E-state index in [1.165, 1.54) is 5.01 Å². The molecule has 0 radical (unpaired) electrons. The number of carbonyl (C=O) groups excluding carboxylic acids is 2. The van der Waals surface area contributed by atoms with E-state index < -0.39 is 27.7 Å². The van der Waals surface area contributed by atoms with Gasteiger partial charge in [0.1, 0.15) is 5.92 Å². The number of hydrazone groups is 1. The first-order valence-corrected chi connectivity index (χ1v) is 10.3. The van der Waals surface area contributed by atoms with Gasteiger partial charge in [-0.05, 0) is 19.4 Å². The third kappa shape index (κ3) is 2.56. The molecule has 26 heavy (non-hydrogen) atoms. The number of Topliss-reactive ketones (excluding diaryl/α,β-unsaturated/α-hetero) is 1. The molecule has 1 aromatic carbocycles. The first-order chi connectivity index (χ1) is 12.3. The Bertz CT molecular complexity index is 1070. The van der Waals surface area contributed by atoms with Gasteiger partial charge in [0.25, 0.3) is 5.91 Å². The molecular weight excluding hydrogens is 354 g/mol. The molecule has 1 amide bonds. The highest BCUT2D eigenvalue weighted by Gasteiger charge is 2.45. The van der Waals surface area contributed by atoms with Crippen LogP contribution in [0.3, 0.4) is 0 Å². The highest BCUT2D eigenvalue weighted by Crippen LogP contribution is 2.29. The van der Waals surface area contributed by atoms with Gasteiger partial charge in [-0.2, -0.15) is 5.10 Å². The number of aromatic nitrogens is 1. The van der Waals surface area contributed by atoms with Crippen molar-refractivity contribution in [2.24, 2.45) is 18.1 Å². The number of sulfone groups is 1. The van der Waals surface area contributed by atoms with Crippen molar-refractivity contribution in [2.75, 3.05) is 11.5 Å². The van der Waals surface area contributed by atoms with Gasteiger partial charge >= 0.3 is 0 Å². The molecule has 0 aliphatic carbocycles. The molecule has 2 aliphatic heterocycles. The fourth-order valence-electron chi connectivity index (χ4n) is 3.81. The molecule has 2 aromatic rings. The summed E-state index contributed by atoms with van der Waals surface area (Å²) in [7, 11) is -1.29. The van der Waals surface area contributed by atoms with Gasteiger partial charge in [-0.3, -0.25) is 9.59 Å². The quantitative estimate of drug-likeness (QED) is 0.601. The molecule has 0 spiro atoms. The van der Waals surface area contributed by atoms with Gasteiger partial charge in [0.05, 0.1) is 23.3 Å². The van der Waals surface area contributed by atoms with Gasteiger partial charge in [-0.25, -0.2) is 13.4 Å². The second-order valence-corrected chi connectivity index (χ2v) is 9.18. The van der Waals surface area contributed by atoms with E-state index in [2.05, 4.69) is 5.10 Å². The SMILES string of the molecule is CC1=NN([C@@H]2CCS(=O)(=O)C2)C(=O)[C@@H]1C(=O)c1cn(C)c2ccccc12. The van der Waals surface area contributed by atoms with Gasteiger partial charge in [0, 0.05) is 29.7 Å². The summed E-state index contributed by atoms with van der Waals surface area (Å²) in [5.74, 6) is -1.74. The molecule has 136 valence electrons. The Morgan fingerprint density at radius 1 is 1.27 bits per heavy atom. The van der Waals surface area contributed by atoms with Crippen LogP contribution in [-0.4, -0.2) is 52.9 Å². The summed E-state index contributed by atoms with van der Waals surface area (Å²) in [4.78, 5) is 26.0. The van der Waals surface area contributed by atoms with Crippen molar-refractivity contribution in [2.45, 2.75) is 19.4 Å². The van der Waals surface area contributed by atoms with E-state index in [1.54, 1.807) is 13.1 Å². The second-order valence-electron chi connectivity index (χ2n) is 6.95. The standard InChI is InChI=1S/C18H19N3O4S/c1-11-16(18(23)21(19-11)12-7-8-26(24,25)10-12)17(22)14-9-20(2)15-6-4-3-5-13(14)15/h3-6,9,12,16H,7-8,10H2,1-2H3/t12-,16+/m1/s1. The van der Waals surface area contributed by atoms with E-state index in [9.17, 15) is 18.0 Å². The minimum atomic E-state index is -3.14. The Hall–Kier alpha value is -2.48. The number of para-hydroxylation sites is 1. The monoisotopic (exact) mass is 373 g/mol. The summed E-state index contributed by atoms with van der Waals surface area (Å²) in [6, 6.07) is 7.04. The molecule has 1 aromatic heterocycles. The van der Waals surface area contributed by atoms with Crippen LogP contribution >= 0.6 is 0 Å². The van der Waals surface area contributed by atoms with Gasteiger partial charge in [0.15, 0.2) is 15.6 Å². The average molecular weight is 373 g/mol. The summed E-state index contributed by atoms with van der Waals surface area (Å²) in [5, 5.41) is 6.25. The van der Waals surface area contributed by atoms with Crippen molar-refractivity contribution in [3.05, 3.63) is 36.0 Å². The van der Waals surface area contributed by atoms with E-state index >= 15 is 0 Å². The largest absolute Gasteiger partial charge is 0.350 e. The normalized spacial score (nSPS) is 25.1. The summed E-state index contributed by atoms with van der Waals surface area (Å²) >= 11 is 0. The summed E-state index contributed by atoms with van der Waals surface area (Å²) < 4.78 is 25.3. The van der Waals surface area contributed by atoms with Gasteiger partial charge < -0.3 is 4.57 Å². The Labute approximate surface area is 151 Å². The van der Waals surface area contributed by atoms with Crippen LogP contribution in [0.15, 0.2) is 35.6 Å². The molecule has 3 heterocycles. The zero-order chi connectivity index (χ0) is 18.6. The molecule has 2 atom stereocenters. The first-order valence-electron chi connectivity index (χ1n) is 8.45. The number of amides is 1. The number of ketones is 1. The molecular formula is C18H19N3O4S. The summed E-state index contributed by atoms with van der Waals surface area (Å²) in [6.07, 6.45) is 2.09. The Morgan fingerprint density at radius 2 is 2.00 bits per heavy atom. The minimum Gasteiger partial charge on any atom is -0.350 e. The molecule has 0 unspecified atom stereocenters. The van der Waals surface area contributed by atoms with Crippen LogP contribution in [0.2, 0.25) is 0 Å². The fraction of sp³-hybridized carbons (Fsp3) is 0.389. The molecule has 4 rings (SSSR count). The lowest BCUT2D eigenvalue weighted by molar-refractivity contribution is -0.132. The number of nitrogens with zero attached hydrogens (tertiary/aromatic N) is 3. The van der Waals surface area contributed by atoms with Crippen molar-refractivity contribution in [1.29, 1.82) is 0 Å². The number of carbonyl (C=O) groups is 2. The number of rotatable bonds is 3. The Kier molecular flexibility index (Phi) is 3.76. The molecule has 1 fully saturated rings. The number of fused-ring (bicyclic) bond motifs is 1. The third-order valence-corrected chi connectivity index (χ3v) is 6.89. The Morgan fingerprint density at radius 3 is 2.69 bits per heavy atom. The van der Waals surface area contributed by atoms with Crippen molar-refractivity contribution in [3.8, 4) is 0 Å². The van der Waals surface area contributed by atoms with E-state index in [1.807, 2.05) is 35.9 Å². The van der Waals surface area contributed by atoms with Crippen LogP contribution < -0.4 is 0 Å². The lowest BCUT2D eigenvalue weighted by Gasteiger charge is -2.19. The van der Waals surface area contributed by atoms with Crippen molar-refractivity contribution < 1.29 is 18.0 Å². The number of benzene rings is 1. The lowest BCUT2D eigenvalue weighted by Crippen LogP contribution is -2.39. The molecule has 2 aliphatic rings. The molecule has 8 heteroatoms. The van der Waals surface area contributed by atoms with Crippen molar-refractivity contribution >= 4 is 38.1 Å². The predicted octanol–water partition coefficient (Wildman–Crippen LogP) is 1.38. The van der Waals surface area contributed by atoms with Crippen LogP contribution in [0, 0.1) is 5.92 Å². The maximum absolute atomic E-state index is 13.1. The van der Waals surface area contributed by atoms with Crippen LogP contribution in [0.5, 0.6) is 0 Å². The minimum absolute atomic E-state index is 0.0535.